The zero-order valence-electron chi connectivity index (χ0n) is 11.5. The zero-order valence-corrected chi connectivity index (χ0v) is 13.1. The molecule has 1 fully saturated rings. The fourth-order valence-corrected chi connectivity index (χ4v) is 2.72. The van der Waals surface area contributed by atoms with E-state index >= 15 is 0 Å². The summed E-state index contributed by atoms with van der Waals surface area (Å²) in [6.07, 6.45) is 2.79. The topological polar surface area (TPSA) is 54.0 Å². The lowest BCUT2D eigenvalue weighted by molar-refractivity contribution is 0.102. The maximum absolute atomic E-state index is 12.1. The van der Waals surface area contributed by atoms with Crippen LogP contribution in [0.4, 0.5) is 5.69 Å². The fourth-order valence-electron chi connectivity index (χ4n) is 2.48. The van der Waals surface area contributed by atoms with Gasteiger partial charge in [0.2, 0.25) is 0 Å². The lowest BCUT2D eigenvalue weighted by Gasteiger charge is -2.10. The zero-order chi connectivity index (χ0) is 14.7. The average Bonchev–Trinajstić information content (AvgIpc) is 3.03. The van der Waals surface area contributed by atoms with Crippen molar-refractivity contribution in [1.82, 2.24) is 10.3 Å². The summed E-state index contributed by atoms with van der Waals surface area (Å²) in [5.41, 5.74) is 2.52. The maximum Gasteiger partial charge on any atom is 0.274 e. The number of hydrogen-bond donors (Lipinski definition) is 2. The smallest absolute Gasteiger partial charge is 0.274 e. The molecule has 0 bridgehead atoms. The van der Waals surface area contributed by atoms with Gasteiger partial charge in [-0.05, 0) is 64.6 Å². The van der Waals surface area contributed by atoms with Gasteiger partial charge in [-0.2, -0.15) is 0 Å². The standard InChI is InChI=1S/C16H16BrN3O/c17-13-3-6-15(19-10-13)16(21)20-14-4-1-11(2-5-14)12-7-8-18-9-12/h1-6,10,12,18H,7-9H2,(H,20,21)/t12-/m0/s1. The summed E-state index contributed by atoms with van der Waals surface area (Å²) in [4.78, 5) is 16.2. The first-order valence-electron chi connectivity index (χ1n) is 6.96. The molecule has 4 nitrogen and oxygen atoms in total. The maximum atomic E-state index is 12.1. The number of nitrogens with zero attached hydrogens (tertiary/aromatic N) is 1. The Hall–Kier alpha value is -1.72. The second-order valence-electron chi connectivity index (χ2n) is 5.13. The number of nitrogens with one attached hydrogen (secondary N) is 2. The fraction of sp³-hybridized carbons (Fsp3) is 0.250. The molecule has 1 aliphatic heterocycles. The number of aromatic nitrogens is 1. The van der Waals surface area contributed by atoms with Crippen molar-refractivity contribution in [2.45, 2.75) is 12.3 Å². The van der Waals surface area contributed by atoms with Crippen molar-refractivity contribution in [3.05, 3.63) is 58.3 Å². The van der Waals surface area contributed by atoms with E-state index in [0.29, 0.717) is 11.6 Å². The van der Waals surface area contributed by atoms with Crippen LogP contribution in [-0.4, -0.2) is 24.0 Å². The number of pyridine rings is 1. The summed E-state index contributed by atoms with van der Waals surface area (Å²) >= 11 is 3.30. The third-order valence-corrected chi connectivity index (χ3v) is 4.13. The van der Waals surface area contributed by atoms with Crippen LogP contribution in [0.5, 0.6) is 0 Å². The van der Waals surface area contributed by atoms with E-state index in [4.69, 9.17) is 0 Å². The Balaban J connectivity index is 1.67. The summed E-state index contributed by atoms with van der Waals surface area (Å²) < 4.78 is 0.855. The number of anilines is 1. The van der Waals surface area contributed by atoms with Gasteiger partial charge < -0.3 is 10.6 Å². The molecule has 2 aromatic rings. The summed E-state index contributed by atoms with van der Waals surface area (Å²) in [7, 11) is 0. The van der Waals surface area contributed by atoms with Gasteiger partial charge in [0.25, 0.3) is 5.91 Å². The van der Waals surface area contributed by atoms with Gasteiger partial charge >= 0.3 is 0 Å². The van der Waals surface area contributed by atoms with Gasteiger partial charge in [0.1, 0.15) is 5.69 Å². The molecule has 21 heavy (non-hydrogen) atoms. The second kappa shape index (κ2) is 6.37. The molecule has 3 rings (SSSR count). The number of hydrogen-bond acceptors (Lipinski definition) is 3. The monoisotopic (exact) mass is 345 g/mol. The summed E-state index contributed by atoms with van der Waals surface area (Å²) in [5.74, 6) is 0.390. The number of carbonyl (C=O) groups excluding carboxylic acids is 1. The van der Waals surface area contributed by atoms with E-state index in [-0.39, 0.29) is 5.91 Å². The first-order chi connectivity index (χ1) is 10.2. The van der Waals surface area contributed by atoms with Crippen LogP contribution in [0.1, 0.15) is 28.4 Å². The molecule has 0 spiro atoms. The molecule has 1 aliphatic rings. The molecule has 1 saturated heterocycles. The van der Waals surface area contributed by atoms with Crippen LogP contribution in [0.15, 0.2) is 47.1 Å². The van der Waals surface area contributed by atoms with Crippen LogP contribution in [0.3, 0.4) is 0 Å². The van der Waals surface area contributed by atoms with E-state index in [1.54, 1.807) is 18.3 Å². The average molecular weight is 346 g/mol. The highest BCUT2D eigenvalue weighted by Crippen LogP contribution is 2.23. The Bertz CT molecular complexity index is 619. The highest BCUT2D eigenvalue weighted by molar-refractivity contribution is 9.10. The first-order valence-corrected chi connectivity index (χ1v) is 7.75. The molecule has 1 aromatic carbocycles. The van der Waals surface area contributed by atoms with Gasteiger partial charge in [0, 0.05) is 22.9 Å². The molecule has 1 atom stereocenters. The molecular formula is C16H16BrN3O. The van der Waals surface area contributed by atoms with Crippen molar-refractivity contribution in [1.29, 1.82) is 0 Å². The van der Waals surface area contributed by atoms with Crippen LogP contribution in [0.25, 0.3) is 0 Å². The highest BCUT2D eigenvalue weighted by Gasteiger charge is 2.16. The summed E-state index contributed by atoms with van der Waals surface area (Å²) in [5, 5.41) is 6.22. The van der Waals surface area contributed by atoms with Crippen molar-refractivity contribution < 1.29 is 4.79 Å². The summed E-state index contributed by atoms with van der Waals surface area (Å²) in [6, 6.07) is 11.6. The number of halogens is 1. The van der Waals surface area contributed by atoms with Crippen molar-refractivity contribution >= 4 is 27.5 Å². The van der Waals surface area contributed by atoms with Crippen molar-refractivity contribution in [3.63, 3.8) is 0 Å². The predicted octanol–water partition coefficient (Wildman–Crippen LogP) is 3.17. The van der Waals surface area contributed by atoms with E-state index < -0.39 is 0 Å². The van der Waals surface area contributed by atoms with Crippen molar-refractivity contribution in [3.8, 4) is 0 Å². The summed E-state index contributed by atoms with van der Waals surface area (Å²) in [6.45, 7) is 2.12. The third kappa shape index (κ3) is 3.49. The number of amides is 1. The minimum absolute atomic E-state index is 0.196. The van der Waals surface area contributed by atoms with Crippen LogP contribution < -0.4 is 10.6 Å². The molecule has 2 N–H and O–H groups in total. The minimum Gasteiger partial charge on any atom is -0.321 e. The van der Waals surface area contributed by atoms with Crippen LogP contribution in [0, 0.1) is 0 Å². The molecule has 0 unspecified atom stereocenters. The lowest BCUT2D eigenvalue weighted by Crippen LogP contribution is -2.13. The normalized spacial score (nSPS) is 17.7. The number of benzene rings is 1. The minimum atomic E-state index is -0.196. The van der Waals surface area contributed by atoms with Crippen LogP contribution in [-0.2, 0) is 0 Å². The number of carbonyl (C=O) groups is 1. The highest BCUT2D eigenvalue weighted by atomic mass is 79.9. The van der Waals surface area contributed by atoms with Crippen molar-refractivity contribution in [2.24, 2.45) is 0 Å². The molecule has 0 aliphatic carbocycles. The van der Waals surface area contributed by atoms with Gasteiger partial charge in [-0.3, -0.25) is 4.79 Å². The molecule has 1 aromatic heterocycles. The largest absolute Gasteiger partial charge is 0.321 e. The lowest BCUT2D eigenvalue weighted by atomic mass is 9.98. The van der Waals surface area contributed by atoms with E-state index in [1.807, 2.05) is 12.1 Å². The molecule has 5 heteroatoms. The quantitative estimate of drug-likeness (QED) is 0.898. The molecule has 2 heterocycles. The van der Waals surface area contributed by atoms with Gasteiger partial charge in [0.15, 0.2) is 0 Å². The van der Waals surface area contributed by atoms with Crippen LogP contribution >= 0.6 is 15.9 Å². The van der Waals surface area contributed by atoms with E-state index in [1.165, 1.54) is 12.0 Å². The number of rotatable bonds is 3. The van der Waals surface area contributed by atoms with Gasteiger partial charge in [0.05, 0.1) is 0 Å². The molecule has 1 amide bonds. The van der Waals surface area contributed by atoms with E-state index in [0.717, 1.165) is 23.2 Å². The van der Waals surface area contributed by atoms with Crippen LogP contribution in [0.2, 0.25) is 0 Å². The van der Waals surface area contributed by atoms with Gasteiger partial charge in [-0.25, -0.2) is 4.98 Å². The second-order valence-corrected chi connectivity index (χ2v) is 6.04. The third-order valence-electron chi connectivity index (χ3n) is 3.66. The Morgan fingerprint density at radius 1 is 1.24 bits per heavy atom. The predicted molar refractivity (Wildman–Crippen MR) is 86.6 cm³/mol. The van der Waals surface area contributed by atoms with Gasteiger partial charge in [-0.15, -0.1) is 0 Å². The molecule has 0 radical (unpaired) electrons. The van der Waals surface area contributed by atoms with E-state index in [9.17, 15) is 4.79 Å². The van der Waals surface area contributed by atoms with Crippen molar-refractivity contribution in [2.75, 3.05) is 18.4 Å². The SMILES string of the molecule is O=C(Nc1ccc([C@H]2CCNC2)cc1)c1ccc(Br)cn1. The Morgan fingerprint density at radius 2 is 2.05 bits per heavy atom. The van der Waals surface area contributed by atoms with E-state index in [2.05, 4.69) is 43.7 Å². The molecule has 0 saturated carbocycles. The van der Waals surface area contributed by atoms with Gasteiger partial charge in [-0.1, -0.05) is 12.1 Å². The Morgan fingerprint density at radius 3 is 2.67 bits per heavy atom. The molecular weight excluding hydrogens is 330 g/mol. The Kier molecular flexibility index (Phi) is 4.31. The molecule has 108 valence electrons. The first kappa shape index (κ1) is 14.2. The Labute approximate surface area is 132 Å².